The molecule has 82 valence electrons. The average molecular weight is 273 g/mol. The largest absolute Gasteiger partial charge is 0.411 e. The minimum atomic E-state index is 0.551. The van der Waals surface area contributed by atoms with Crippen molar-refractivity contribution in [1.29, 1.82) is 0 Å². The van der Waals surface area contributed by atoms with Crippen LogP contribution in [0.3, 0.4) is 0 Å². The molecular formula is C8H5ClN4OS2. The molecule has 0 fully saturated rings. The Morgan fingerprint density at radius 3 is 3.12 bits per heavy atom. The van der Waals surface area contributed by atoms with Crippen LogP contribution in [0.2, 0.25) is 4.34 Å². The minimum absolute atomic E-state index is 0.551. The van der Waals surface area contributed by atoms with Crippen LogP contribution in [-0.4, -0.2) is 20.1 Å². The van der Waals surface area contributed by atoms with E-state index in [1.165, 1.54) is 22.7 Å². The van der Waals surface area contributed by atoms with Crippen molar-refractivity contribution in [2.75, 3.05) is 5.32 Å². The fourth-order valence-electron chi connectivity index (χ4n) is 1.34. The molecule has 3 aromatic heterocycles. The predicted molar refractivity (Wildman–Crippen MR) is 65.2 cm³/mol. The van der Waals surface area contributed by atoms with Gasteiger partial charge in [-0.3, -0.25) is 0 Å². The van der Waals surface area contributed by atoms with Gasteiger partial charge in [-0.1, -0.05) is 16.4 Å². The lowest BCUT2D eigenvalue weighted by Gasteiger charge is -1.95. The number of nitrogens with one attached hydrogen (secondary N) is 1. The Kier molecular flexibility index (Phi) is 2.23. The predicted octanol–water partition coefficient (Wildman–Crippen LogP) is 3.19. The van der Waals surface area contributed by atoms with E-state index in [0.29, 0.717) is 15.0 Å². The van der Waals surface area contributed by atoms with Gasteiger partial charge < -0.3 is 10.5 Å². The monoisotopic (exact) mass is 272 g/mol. The number of hydrogen-bond donors (Lipinski definition) is 2. The highest BCUT2D eigenvalue weighted by atomic mass is 35.5. The zero-order chi connectivity index (χ0) is 11.1. The van der Waals surface area contributed by atoms with Crippen LogP contribution in [0.15, 0.2) is 17.6 Å². The zero-order valence-corrected chi connectivity index (χ0v) is 10.1. The topological polar surface area (TPSA) is 63.0 Å². The van der Waals surface area contributed by atoms with Gasteiger partial charge in [0, 0.05) is 11.6 Å². The summed E-state index contributed by atoms with van der Waals surface area (Å²) in [5, 5.41) is 19.9. The first-order valence-electron chi connectivity index (χ1n) is 4.28. The summed E-state index contributed by atoms with van der Waals surface area (Å²) in [5.41, 5.74) is 0. The normalized spacial score (nSPS) is 11.1. The van der Waals surface area contributed by atoms with Crippen LogP contribution >= 0.6 is 34.3 Å². The number of halogens is 1. The maximum absolute atomic E-state index is 9.53. The average Bonchev–Trinajstić information content (AvgIpc) is 2.89. The molecule has 0 unspecified atom stereocenters. The number of thiophene rings is 1. The van der Waals surface area contributed by atoms with Crippen molar-refractivity contribution >= 4 is 55.4 Å². The second-order valence-electron chi connectivity index (χ2n) is 2.97. The molecule has 0 atom stereocenters. The molecular weight excluding hydrogens is 268 g/mol. The number of fused-ring (bicyclic) bond motifs is 1. The fourth-order valence-corrected chi connectivity index (χ4v) is 2.95. The van der Waals surface area contributed by atoms with Crippen LogP contribution in [0.25, 0.3) is 10.2 Å². The van der Waals surface area contributed by atoms with E-state index in [9.17, 15) is 5.21 Å². The fraction of sp³-hybridized carbons (Fsp3) is 0. The Hall–Kier alpha value is -1.31. The Morgan fingerprint density at radius 1 is 1.50 bits per heavy atom. The first-order valence-corrected chi connectivity index (χ1v) is 6.35. The van der Waals surface area contributed by atoms with Crippen molar-refractivity contribution in [3.63, 3.8) is 0 Å². The lowest BCUT2D eigenvalue weighted by atomic mass is 10.4. The second-order valence-corrected chi connectivity index (χ2v) is 5.53. The number of rotatable bonds is 2. The summed E-state index contributed by atoms with van der Waals surface area (Å²) in [6.07, 6.45) is 1.70. The number of thiazole rings is 1. The summed E-state index contributed by atoms with van der Waals surface area (Å²) in [5.74, 6) is 0.551. The lowest BCUT2D eigenvalue weighted by molar-refractivity contribution is 0.164. The maximum Gasteiger partial charge on any atom is 0.188 e. The van der Waals surface area contributed by atoms with Gasteiger partial charge in [0.15, 0.2) is 15.8 Å². The van der Waals surface area contributed by atoms with Gasteiger partial charge in [-0.05, 0) is 6.07 Å². The van der Waals surface area contributed by atoms with Crippen LogP contribution in [-0.2, 0) is 0 Å². The second kappa shape index (κ2) is 3.62. The van der Waals surface area contributed by atoms with Crippen molar-refractivity contribution in [2.24, 2.45) is 0 Å². The molecule has 0 saturated carbocycles. The summed E-state index contributed by atoms with van der Waals surface area (Å²) in [4.78, 5) is 5.52. The Balaban J connectivity index is 2.09. The third-order valence-corrected chi connectivity index (χ3v) is 3.89. The van der Waals surface area contributed by atoms with E-state index >= 15 is 0 Å². The summed E-state index contributed by atoms with van der Waals surface area (Å²) in [6, 6.07) is 1.76. The van der Waals surface area contributed by atoms with Gasteiger partial charge in [0.1, 0.15) is 0 Å². The van der Waals surface area contributed by atoms with Gasteiger partial charge in [0.2, 0.25) is 0 Å². The van der Waals surface area contributed by atoms with Crippen LogP contribution in [0.4, 0.5) is 10.9 Å². The summed E-state index contributed by atoms with van der Waals surface area (Å²) in [6.45, 7) is 0. The molecule has 0 amide bonds. The summed E-state index contributed by atoms with van der Waals surface area (Å²) < 4.78 is 0.609. The molecule has 0 saturated heterocycles. The van der Waals surface area contributed by atoms with Crippen molar-refractivity contribution < 1.29 is 5.21 Å². The van der Waals surface area contributed by atoms with E-state index in [0.717, 1.165) is 15.4 Å². The van der Waals surface area contributed by atoms with E-state index in [1.54, 1.807) is 12.3 Å². The molecule has 3 rings (SSSR count). The summed E-state index contributed by atoms with van der Waals surface area (Å²) >= 11 is 8.61. The molecule has 0 aromatic carbocycles. The van der Waals surface area contributed by atoms with Gasteiger partial charge in [0.25, 0.3) is 0 Å². The lowest BCUT2D eigenvalue weighted by Crippen LogP contribution is -1.94. The van der Waals surface area contributed by atoms with Crippen LogP contribution in [0.5, 0.6) is 0 Å². The molecule has 5 nitrogen and oxygen atoms in total. The standard InChI is InChI=1S/C8H5ClN4OS2/c9-5-3-4-6(11-8-10-1-2-15-8)12-13(14)7(4)16-5/h1-3,14H,(H,10,11,12). The highest BCUT2D eigenvalue weighted by Crippen LogP contribution is 2.34. The highest BCUT2D eigenvalue weighted by molar-refractivity contribution is 7.22. The van der Waals surface area contributed by atoms with Gasteiger partial charge >= 0.3 is 0 Å². The Bertz CT molecular complexity index is 630. The van der Waals surface area contributed by atoms with Crippen LogP contribution in [0.1, 0.15) is 0 Å². The molecule has 16 heavy (non-hydrogen) atoms. The third kappa shape index (κ3) is 1.53. The van der Waals surface area contributed by atoms with E-state index in [4.69, 9.17) is 11.6 Å². The van der Waals surface area contributed by atoms with E-state index < -0.39 is 0 Å². The number of aromatic nitrogens is 3. The molecule has 0 bridgehead atoms. The molecule has 3 heterocycles. The van der Waals surface area contributed by atoms with Crippen molar-refractivity contribution in [1.82, 2.24) is 14.9 Å². The quantitative estimate of drug-likeness (QED) is 0.703. The van der Waals surface area contributed by atoms with Crippen molar-refractivity contribution in [2.45, 2.75) is 0 Å². The van der Waals surface area contributed by atoms with Crippen molar-refractivity contribution in [3.8, 4) is 0 Å². The minimum Gasteiger partial charge on any atom is -0.411 e. The zero-order valence-electron chi connectivity index (χ0n) is 7.72. The first-order chi connectivity index (χ1) is 7.74. The Labute approximate surface area is 103 Å². The molecule has 0 aliphatic carbocycles. The van der Waals surface area contributed by atoms with Crippen LogP contribution in [0, 0.1) is 0 Å². The Morgan fingerprint density at radius 2 is 2.38 bits per heavy atom. The molecule has 0 radical (unpaired) electrons. The van der Waals surface area contributed by atoms with Gasteiger partial charge in [-0.15, -0.1) is 27.8 Å². The summed E-state index contributed by atoms with van der Waals surface area (Å²) in [7, 11) is 0. The first kappa shape index (κ1) is 9.88. The molecule has 0 aliphatic heterocycles. The highest BCUT2D eigenvalue weighted by Gasteiger charge is 2.14. The van der Waals surface area contributed by atoms with Crippen molar-refractivity contribution in [3.05, 3.63) is 22.0 Å². The third-order valence-electron chi connectivity index (χ3n) is 1.97. The molecule has 0 aliphatic rings. The van der Waals surface area contributed by atoms with Gasteiger partial charge in [0.05, 0.1) is 9.72 Å². The van der Waals surface area contributed by atoms with Gasteiger partial charge in [-0.25, -0.2) is 4.98 Å². The van der Waals surface area contributed by atoms with Crippen LogP contribution < -0.4 is 5.32 Å². The molecule has 0 spiro atoms. The SMILES string of the molecule is On1nc(Nc2nccs2)c2cc(Cl)sc21. The molecule has 2 N–H and O–H groups in total. The maximum atomic E-state index is 9.53. The number of hydrogen-bond acceptors (Lipinski definition) is 6. The van der Waals surface area contributed by atoms with Gasteiger partial charge in [-0.2, -0.15) is 0 Å². The molecule has 8 heteroatoms. The smallest absolute Gasteiger partial charge is 0.188 e. The van der Waals surface area contributed by atoms with E-state index in [2.05, 4.69) is 15.4 Å². The van der Waals surface area contributed by atoms with E-state index in [1.807, 2.05) is 5.38 Å². The number of anilines is 2. The van der Waals surface area contributed by atoms with E-state index in [-0.39, 0.29) is 0 Å². The molecule has 3 aromatic rings. The number of nitrogens with zero attached hydrogens (tertiary/aromatic N) is 3.